The molecule has 1 saturated heterocycles. The van der Waals surface area contributed by atoms with Gasteiger partial charge in [-0.15, -0.1) is 0 Å². The van der Waals surface area contributed by atoms with Crippen molar-refractivity contribution in [1.29, 1.82) is 0 Å². The molecule has 1 aliphatic heterocycles. The molecule has 5 rings (SSSR count). The second-order valence-corrected chi connectivity index (χ2v) is 8.68. The van der Waals surface area contributed by atoms with E-state index in [2.05, 4.69) is 59.5 Å². The second-order valence-electron chi connectivity index (χ2n) is 8.68. The summed E-state index contributed by atoms with van der Waals surface area (Å²) in [5.41, 5.74) is 4.55. The van der Waals surface area contributed by atoms with Crippen LogP contribution in [0.2, 0.25) is 0 Å². The lowest BCUT2D eigenvalue weighted by Crippen LogP contribution is -2.60. The van der Waals surface area contributed by atoms with E-state index in [1.165, 1.54) is 55.3 Å². The Morgan fingerprint density at radius 2 is 1.96 bits per heavy atom. The first-order valence-corrected chi connectivity index (χ1v) is 10.5. The number of rotatable bonds is 3. The topological polar surface area (TPSA) is 23.5 Å². The highest BCUT2D eigenvalue weighted by atomic mass is 16.3. The van der Waals surface area contributed by atoms with Crippen molar-refractivity contribution >= 4 is 6.08 Å². The van der Waals surface area contributed by atoms with E-state index >= 15 is 0 Å². The van der Waals surface area contributed by atoms with Gasteiger partial charge in [0.1, 0.15) is 5.75 Å². The number of aromatic hydroxyl groups is 1. The third-order valence-corrected chi connectivity index (χ3v) is 7.39. The zero-order valence-corrected chi connectivity index (χ0v) is 16.0. The number of phenolic OH excluding ortho intramolecular Hbond substituents is 1. The highest BCUT2D eigenvalue weighted by Gasteiger charge is 2.53. The van der Waals surface area contributed by atoms with Gasteiger partial charge in [-0.25, -0.2) is 0 Å². The quantitative estimate of drug-likeness (QED) is 0.818. The summed E-state index contributed by atoms with van der Waals surface area (Å²) in [6.45, 7) is 2.22. The van der Waals surface area contributed by atoms with Gasteiger partial charge in [0.25, 0.3) is 0 Å². The van der Waals surface area contributed by atoms with Crippen LogP contribution in [-0.4, -0.2) is 29.1 Å². The molecule has 3 aliphatic rings. The predicted octanol–water partition coefficient (Wildman–Crippen LogP) is 5.16. The maximum absolute atomic E-state index is 10.1. The molecular formula is C25H29NO. The molecule has 0 unspecified atom stereocenters. The Labute approximate surface area is 162 Å². The van der Waals surface area contributed by atoms with Gasteiger partial charge < -0.3 is 5.11 Å². The molecule has 2 aromatic carbocycles. The Balaban J connectivity index is 1.43. The number of nitrogens with zero attached hydrogens (tertiary/aromatic N) is 1. The first-order chi connectivity index (χ1) is 13.3. The van der Waals surface area contributed by atoms with E-state index in [9.17, 15) is 5.11 Å². The van der Waals surface area contributed by atoms with Crippen molar-refractivity contribution in [3.63, 3.8) is 0 Å². The third kappa shape index (κ3) is 2.91. The lowest BCUT2D eigenvalue weighted by Gasteiger charge is -2.59. The highest BCUT2D eigenvalue weighted by molar-refractivity contribution is 5.49. The Hall–Kier alpha value is -2.06. The zero-order valence-electron chi connectivity index (χ0n) is 16.0. The van der Waals surface area contributed by atoms with Crippen LogP contribution in [0.25, 0.3) is 6.08 Å². The van der Waals surface area contributed by atoms with Gasteiger partial charge in [0.05, 0.1) is 0 Å². The van der Waals surface area contributed by atoms with Gasteiger partial charge in [-0.3, -0.25) is 4.90 Å². The number of phenols is 1. The number of hydrogen-bond donors (Lipinski definition) is 1. The van der Waals surface area contributed by atoms with E-state index in [1.54, 1.807) is 0 Å². The summed E-state index contributed by atoms with van der Waals surface area (Å²) in [5, 5.41) is 10.1. The van der Waals surface area contributed by atoms with Crippen molar-refractivity contribution in [2.45, 2.75) is 50.0 Å². The normalized spacial score (nSPS) is 30.1. The minimum absolute atomic E-state index is 0.314. The molecule has 1 saturated carbocycles. The fraction of sp³-hybridized carbons (Fsp3) is 0.440. The van der Waals surface area contributed by atoms with Gasteiger partial charge in [-0.05, 0) is 67.0 Å². The first-order valence-electron chi connectivity index (χ1n) is 10.5. The molecule has 0 amide bonds. The van der Waals surface area contributed by atoms with Gasteiger partial charge in [0.15, 0.2) is 0 Å². The molecule has 2 aliphatic carbocycles. The van der Waals surface area contributed by atoms with E-state index in [1.807, 2.05) is 6.07 Å². The summed E-state index contributed by atoms with van der Waals surface area (Å²) in [6, 6.07) is 17.4. The van der Waals surface area contributed by atoms with Gasteiger partial charge in [-0.2, -0.15) is 0 Å². The molecule has 27 heavy (non-hydrogen) atoms. The Morgan fingerprint density at radius 1 is 1.07 bits per heavy atom. The van der Waals surface area contributed by atoms with Crippen LogP contribution in [0.1, 0.15) is 48.8 Å². The van der Waals surface area contributed by atoms with Crippen LogP contribution < -0.4 is 0 Å². The van der Waals surface area contributed by atoms with E-state index in [4.69, 9.17) is 0 Å². The van der Waals surface area contributed by atoms with Crippen LogP contribution in [-0.2, 0) is 11.8 Å². The molecule has 140 valence electrons. The average molecular weight is 360 g/mol. The molecule has 2 bridgehead atoms. The van der Waals surface area contributed by atoms with Crippen molar-refractivity contribution in [3.05, 3.63) is 71.3 Å². The number of benzene rings is 2. The molecule has 2 nitrogen and oxygen atoms in total. The fourth-order valence-electron chi connectivity index (χ4n) is 6.19. The summed E-state index contributed by atoms with van der Waals surface area (Å²) in [4.78, 5) is 2.73. The van der Waals surface area contributed by atoms with Crippen molar-refractivity contribution in [1.82, 2.24) is 4.90 Å². The highest BCUT2D eigenvalue weighted by Crippen LogP contribution is 2.56. The SMILES string of the molecule is Oc1ccc2c(c1)[C@@]13CCCC[C@H]1[C@H](C2)N(C/C=C/c1ccccc1)CC3. The smallest absolute Gasteiger partial charge is 0.115 e. The van der Waals surface area contributed by atoms with E-state index in [-0.39, 0.29) is 0 Å². The Morgan fingerprint density at radius 3 is 2.85 bits per heavy atom. The summed E-state index contributed by atoms with van der Waals surface area (Å²) in [5.74, 6) is 1.19. The Bertz CT molecular complexity index is 843. The molecule has 2 fully saturated rings. The van der Waals surface area contributed by atoms with E-state index in [0.29, 0.717) is 17.2 Å². The number of piperidine rings is 1. The summed E-state index contributed by atoms with van der Waals surface area (Å²) in [7, 11) is 0. The molecule has 2 heteroatoms. The maximum Gasteiger partial charge on any atom is 0.115 e. The van der Waals surface area contributed by atoms with E-state index < -0.39 is 0 Å². The number of hydrogen-bond acceptors (Lipinski definition) is 2. The minimum atomic E-state index is 0.314. The van der Waals surface area contributed by atoms with Gasteiger partial charge >= 0.3 is 0 Å². The summed E-state index contributed by atoms with van der Waals surface area (Å²) >= 11 is 0. The molecular weight excluding hydrogens is 330 g/mol. The minimum Gasteiger partial charge on any atom is -0.508 e. The van der Waals surface area contributed by atoms with Crippen molar-refractivity contribution in [2.75, 3.05) is 13.1 Å². The number of fused-ring (bicyclic) bond motifs is 1. The molecule has 1 heterocycles. The Kier molecular flexibility index (Phi) is 4.32. The fourth-order valence-corrected chi connectivity index (χ4v) is 6.19. The lowest BCUT2D eigenvalue weighted by molar-refractivity contribution is -0.00513. The van der Waals surface area contributed by atoms with Crippen LogP contribution in [0, 0.1) is 5.92 Å². The van der Waals surface area contributed by atoms with Crippen LogP contribution in [0.15, 0.2) is 54.6 Å². The standard InChI is InChI=1S/C25H29NO/c27-21-12-11-20-17-24-22-10-4-5-13-25(22,23(20)18-21)14-16-26(24)15-6-9-19-7-2-1-3-8-19/h1-3,6-9,11-12,18,22,24,27H,4-5,10,13-17H2/b9-6+/t22-,24-,25+/m0/s1. The molecule has 0 spiro atoms. The monoisotopic (exact) mass is 359 g/mol. The van der Waals surface area contributed by atoms with Crippen molar-refractivity contribution < 1.29 is 5.11 Å². The van der Waals surface area contributed by atoms with Crippen molar-refractivity contribution in [2.24, 2.45) is 5.92 Å². The molecule has 2 aromatic rings. The molecule has 3 atom stereocenters. The average Bonchev–Trinajstić information content (AvgIpc) is 2.71. The van der Waals surface area contributed by atoms with Crippen LogP contribution in [0.5, 0.6) is 5.75 Å². The lowest BCUT2D eigenvalue weighted by atomic mass is 9.52. The van der Waals surface area contributed by atoms with Gasteiger partial charge in [0.2, 0.25) is 0 Å². The van der Waals surface area contributed by atoms with Gasteiger partial charge in [0, 0.05) is 18.0 Å². The zero-order chi connectivity index (χ0) is 18.3. The largest absolute Gasteiger partial charge is 0.508 e. The number of likely N-dealkylation sites (tertiary alicyclic amines) is 1. The summed E-state index contributed by atoms with van der Waals surface area (Å²) < 4.78 is 0. The van der Waals surface area contributed by atoms with Crippen LogP contribution in [0.3, 0.4) is 0 Å². The third-order valence-electron chi connectivity index (χ3n) is 7.39. The van der Waals surface area contributed by atoms with Crippen molar-refractivity contribution in [3.8, 4) is 5.75 Å². The molecule has 0 radical (unpaired) electrons. The van der Waals surface area contributed by atoms with Crippen LogP contribution >= 0.6 is 0 Å². The first kappa shape index (κ1) is 17.1. The molecule has 0 aromatic heterocycles. The molecule has 1 N–H and O–H groups in total. The van der Waals surface area contributed by atoms with E-state index in [0.717, 1.165) is 18.9 Å². The van der Waals surface area contributed by atoms with Crippen LogP contribution in [0.4, 0.5) is 0 Å². The predicted molar refractivity (Wildman–Crippen MR) is 111 cm³/mol. The second kappa shape index (κ2) is 6.83. The summed E-state index contributed by atoms with van der Waals surface area (Å²) in [6.07, 6.45) is 12.3. The maximum atomic E-state index is 10.1. The van der Waals surface area contributed by atoms with Gasteiger partial charge in [-0.1, -0.05) is 61.4 Å².